The summed E-state index contributed by atoms with van der Waals surface area (Å²) in [7, 11) is 0. The normalized spacial score (nSPS) is 21.7. The minimum atomic E-state index is 0.182. The number of carbonyl (C=O) groups is 1. The smallest absolute Gasteiger partial charge is 0.255 e. The Morgan fingerprint density at radius 2 is 2.04 bits per heavy atom. The van der Waals surface area contributed by atoms with Gasteiger partial charge in [-0.1, -0.05) is 0 Å². The third-order valence-corrected chi connectivity index (χ3v) is 5.21. The van der Waals surface area contributed by atoms with Gasteiger partial charge in [-0.05, 0) is 51.7 Å². The molecule has 2 aliphatic rings. The summed E-state index contributed by atoms with van der Waals surface area (Å²) < 4.78 is 4.34. The Balaban J connectivity index is 1.56. The molecule has 4 rings (SSSR count). The zero-order chi connectivity index (χ0) is 16.0. The van der Waals surface area contributed by atoms with Crippen LogP contribution >= 0.6 is 0 Å². The molecule has 1 aliphatic heterocycles. The maximum Gasteiger partial charge on any atom is 0.255 e. The predicted octanol–water partition coefficient (Wildman–Crippen LogP) is 3.11. The van der Waals surface area contributed by atoms with E-state index in [2.05, 4.69) is 29.6 Å². The Morgan fingerprint density at radius 1 is 1.22 bits per heavy atom. The molecule has 1 amide bonds. The van der Waals surface area contributed by atoms with Gasteiger partial charge in [-0.15, -0.1) is 0 Å². The van der Waals surface area contributed by atoms with Crippen molar-refractivity contribution >= 4 is 5.91 Å². The van der Waals surface area contributed by atoms with Crippen LogP contribution in [0.3, 0.4) is 0 Å². The Bertz CT molecular complexity index is 712. The molecule has 0 radical (unpaired) electrons. The molecule has 1 saturated heterocycles. The zero-order valence-corrected chi connectivity index (χ0v) is 13.9. The van der Waals surface area contributed by atoms with Crippen molar-refractivity contribution in [1.82, 2.24) is 19.2 Å². The molecule has 122 valence electrons. The van der Waals surface area contributed by atoms with Gasteiger partial charge in [0.2, 0.25) is 0 Å². The summed E-state index contributed by atoms with van der Waals surface area (Å²) in [5.41, 5.74) is 3.24. The van der Waals surface area contributed by atoms with E-state index in [0.717, 1.165) is 37.2 Å². The molecule has 5 nitrogen and oxygen atoms in total. The molecule has 1 aliphatic carbocycles. The van der Waals surface area contributed by atoms with E-state index in [1.807, 2.05) is 28.0 Å². The Kier molecular flexibility index (Phi) is 3.51. The minimum absolute atomic E-state index is 0.182. The molecule has 2 aromatic heterocycles. The summed E-state index contributed by atoms with van der Waals surface area (Å²) in [6, 6.07) is 4.95. The van der Waals surface area contributed by atoms with Gasteiger partial charge in [-0.2, -0.15) is 5.10 Å². The number of aryl methyl sites for hydroxylation is 1. The van der Waals surface area contributed by atoms with E-state index < -0.39 is 0 Å². The number of carbonyl (C=O) groups excluding carboxylic acids is 1. The predicted molar refractivity (Wildman–Crippen MR) is 88.6 cm³/mol. The second-order valence-electron chi connectivity index (χ2n) is 6.92. The van der Waals surface area contributed by atoms with Crippen LogP contribution in [0, 0.1) is 13.8 Å². The van der Waals surface area contributed by atoms with Gasteiger partial charge in [-0.25, -0.2) is 0 Å². The van der Waals surface area contributed by atoms with E-state index in [0.29, 0.717) is 12.1 Å². The number of amides is 1. The fraction of sp³-hybridized carbons (Fsp3) is 0.556. The first-order chi connectivity index (χ1) is 11.1. The first-order valence-electron chi connectivity index (χ1n) is 8.62. The van der Waals surface area contributed by atoms with Crippen molar-refractivity contribution in [3.8, 4) is 0 Å². The fourth-order valence-corrected chi connectivity index (χ4v) is 3.91. The Labute approximate surface area is 136 Å². The molecule has 0 N–H and O–H groups in total. The third-order valence-electron chi connectivity index (χ3n) is 5.21. The maximum atomic E-state index is 13.0. The zero-order valence-electron chi connectivity index (χ0n) is 13.9. The number of hydrogen-bond acceptors (Lipinski definition) is 2. The lowest BCUT2D eigenvalue weighted by Gasteiger charge is -2.33. The third kappa shape index (κ3) is 2.58. The van der Waals surface area contributed by atoms with Crippen molar-refractivity contribution in [3.05, 3.63) is 41.5 Å². The van der Waals surface area contributed by atoms with Crippen LogP contribution in [0.1, 0.15) is 59.5 Å². The summed E-state index contributed by atoms with van der Waals surface area (Å²) in [5.74, 6) is 0.182. The highest BCUT2D eigenvalue weighted by Gasteiger charge is 2.31. The number of hydrogen-bond donors (Lipinski definition) is 0. The molecule has 1 saturated carbocycles. The van der Waals surface area contributed by atoms with E-state index in [1.165, 1.54) is 18.5 Å². The van der Waals surface area contributed by atoms with Crippen LogP contribution in [0.4, 0.5) is 0 Å². The second-order valence-corrected chi connectivity index (χ2v) is 6.92. The van der Waals surface area contributed by atoms with E-state index in [9.17, 15) is 4.79 Å². The second kappa shape index (κ2) is 5.55. The highest BCUT2D eigenvalue weighted by Crippen LogP contribution is 2.38. The Hall–Kier alpha value is -2.04. The average Bonchev–Trinajstić information content (AvgIpc) is 3.13. The van der Waals surface area contributed by atoms with E-state index in [-0.39, 0.29) is 5.91 Å². The molecular formula is C18H24N4O. The summed E-state index contributed by atoms with van der Waals surface area (Å²) in [6.45, 7) is 5.82. The van der Waals surface area contributed by atoms with E-state index in [4.69, 9.17) is 0 Å². The average molecular weight is 312 g/mol. The molecular weight excluding hydrogens is 288 g/mol. The topological polar surface area (TPSA) is 43.1 Å². The Morgan fingerprint density at radius 3 is 2.74 bits per heavy atom. The number of nitrogens with zero attached hydrogens (tertiary/aromatic N) is 4. The van der Waals surface area contributed by atoms with Gasteiger partial charge >= 0.3 is 0 Å². The van der Waals surface area contributed by atoms with Crippen LogP contribution in [-0.2, 0) is 0 Å². The fourth-order valence-electron chi connectivity index (χ4n) is 3.91. The molecule has 0 unspecified atom stereocenters. The summed E-state index contributed by atoms with van der Waals surface area (Å²) in [4.78, 5) is 15.0. The van der Waals surface area contributed by atoms with Crippen LogP contribution in [0.15, 0.2) is 24.5 Å². The first kappa shape index (κ1) is 14.5. The van der Waals surface area contributed by atoms with E-state index >= 15 is 0 Å². The minimum Gasteiger partial charge on any atom is -0.345 e. The molecule has 5 heteroatoms. The molecule has 0 bridgehead atoms. The van der Waals surface area contributed by atoms with Gasteiger partial charge in [0.25, 0.3) is 5.91 Å². The quantitative estimate of drug-likeness (QED) is 0.874. The van der Waals surface area contributed by atoms with Crippen molar-refractivity contribution in [2.24, 2.45) is 0 Å². The van der Waals surface area contributed by atoms with Crippen LogP contribution in [0.25, 0.3) is 0 Å². The molecule has 3 heterocycles. The first-order valence-corrected chi connectivity index (χ1v) is 8.62. The van der Waals surface area contributed by atoms with E-state index in [1.54, 1.807) is 0 Å². The molecule has 0 aromatic carbocycles. The molecule has 23 heavy (non-hydrogen) atoms. The van der Waals surface area contributed by atoms with Gasteiger partial charge in [0, 0.05) is 42.9 Å². The standard InChI is InChI=1S/C18H24N4O/c1-13-11-17(14(2)22(13)15-6-7-15)18(23)20-9-3-5-16(12-20)21-10-4-8-19-21/h4,8,10-11,15-16H,3,5-7,9,12H2,1-2H3/t16-/m0/s1. The van der Waals surface area contributed by atoms with Crippen molar-refractivity contribution in [2.45, 2.75) is 51.6 Å². The molecule has 0 spiro atoms. The van der Waals surface area contributed by atoms with Crippen LogP contribution in [0.2, 0.25) is 0 Å². The lowest BCUT2D eigenvalue weighted by atomic mass is 10.0. The van der Waals surface area contributed by atoms with Gasteiger partial charge in [0.1, 0.15) is 0 Å². The van der Waals surface area contributed by atoms with Crippen molar-refractivity contribution < 1.29 is 4.79 Å². The summed E-state index contributed by atoms with van der Waals surface area (Å²) >= 11 is 0. The number of likely N-dealkylation sites (tertiary alicyclic amines) is 1. The molecule has 2 fully saturated rings. The molecule has 1 atom stereocenters. The van der Waals surface area contributed by atoms with Gasteiger partial charge < -0.3 is 9.47 Å². The SMILES string of the molecule is Cc1cc(C(=O)N2CCC[C@H](n3cccn3)C2)c(C)n1C1CC1. The maximum absolute atomic E-state index is 13.0. The van der Waals surface area contributed by atoms with Crippen LogP contribution < -0.4 is 0 Å². The monoisotopic (exact) mass is 312 g/mol. The van der Waals surface area contributed by atoms with Crippen LogP contribution in [0.5, 0.6) is 0 Å². The largest absolute Gasteiger partial charge is 0.345 e. The number of rotatable bonds is 3. The molecule has 2 aromatic rings. The van der Waals surface area contributed by atoms with Crippen molar-refractivity contribution in [1.29, 1.82) is 0 Å². The number of piperidine rings is 1. The summed E-state index contributed by atoms with van der Waals surface area (Å²) in [5, 5.41) is 4.35. The lowest BCUT2D eigenvalue weighted by Crippen LogP contribution is -2.41. The van der Waals surface area contributed by atoms with Gasteiger partial charge in [0.05, 0.1) is 11.6 Å². The highest BCUT2D eigenvalue weighted by atomic mass is 16.2. The van der Waals surface area contributed by atoms with Gasteiger partial charge in [-0.3, -0.25) is 9.48 Å². The summed E-state index contributed by atoms with van der Waals surface area (Å²) in [6.07, 6.45) is 8.43. The highest BCUT2D eigenvalue weighted by molar-refractivity contribution is 5.95. The van der Waals surface area contributed by atoms with Crippen molar-refractivity contribution in [3.63, 3.8) is 0 Å². The number of aromatic nitrogens is 3. The van der Waals surface area contributed by atoms with Gasteiger partial charge in [0.15, 0.2) is 0 Å². The van der Waals surface area contributed by atoms with Crippen molar-refractivity contribution in [2.75, 3.05) is 13.1 Å². The van der Waals surface area contributed by atoms with Crippen LogP contribution in [-0.4, -0.2) is 38.2 Å². The lowest BCUT2D eigenvalue weighted by molar-refractivity contribution is 0.0672.